The number of fused-ring (bicyclic) bond motifs is 3. The molecule has 0 fully saturated rings. The number of esters is 1. The van der Waals surface area contributed by atoms with Gasteiger partial charge >= 0.3 is 5.97 Å². The third-order valence-corrected chi connectivity index (χ3v) is 5.54. The minimum atomic E-state index is -0.555. The van der Waals surface area contributed by atoms with E-state index in [-0.39, 0.29) is 17.9 Å². The van der Waals surface area contributed by atoms with E-state index in [1.165, 1.54) is 17.7 Å². The van der Waals surface area contributed by atoms with Crippen molar-refractivity contribution in [3.63, 3.8) is 0 Å². The number of aryl methyl sites for hydroxylation is 1. The van der Waals surface area contributed by atoms with Gasteiger partial charge in [-0.1, -0.05) is 18.2 Å². The summed E-state index contributed by atoms with van der Waals surface area (Å²) in [5.41, 5.74) is 2.12. The first-order chi connectivity index (χ1) is 16.0. The number of hydrogen-bond donors (Lipinski definition) is 1. The van der Waals surface area contributed by atoms with Crippen molar-refractivity contribution < 1.29 is 23.8 Å². The second-order valence-corrected chi connectivity index (χ2v) is 7.44. The Labute approximate surface area is 190 Å². The number of carbonyl (C=O) groups is 2. The smallest absolute Gasteiger partial charge is 0.339 e. The first kappa shape index (κ1) is 22.1. The molecule has 0 aliphatic carbocycles. The molecule has 33 heavy (non-hydrogen) atoms. The number of benzene rings is 2. The number of pyridine rings is 1. The van der Waals surface area contributed by atoms with Crippen molar-refractivity contribution in [1.82, 2.24) is 4.57 Å². The maximum atomic E-state index is 13.6. The molecule has 8 heteroatoms. The first-order valence-corrected chi connectivity index (χ1v) is 10.6. The summed E-state index contributed by atoms with van der Waals surface area (Å²) in [5.74, 6) is -0.00824. The van der Waals surface area contributed by atoms with Crippen LogP contribution in [0, 0.1) is 0 Å². The van der Waals surface area contributed by atoms with Gasteiger partial charge in [0.2, 0.25) is 0 Å². The summed E-state index contributed by atoms with van der Waals surface area (Å²) in [6.07, 6.45) is 1.04. The van der Waals surface area contributed by atoms with Gasteiger partial charge < -0.3 is 19.5 Å². The molecule has 1 N–H and O–H groups in total. The van der Waals surface area contributed by atoms with Gasteiger partial charge in [0.05, 0.1) is 32.1 Å². The van der Waals surface area contributed by atoms with Gasteiger partial charge in [-0.05, 0) is 49.6 Å². The Bertz CT molecular complexity index is 1280. The topological polar surface area (TPSA) is 95.9 Å². The molecule has 1 aliphatic heterocycles. The fraction of sp³-hybridized carbons (Fsp3) is 0.240. The summed E-state index contributed by atoms with van der Waals surface area (Å²) in [7, 11) is 3.06. The Kier molecular flexibility index (Phi) is 6.17. The van der Waals surface area contributed by atoms with Crippen LogP contribution in [0.3, 0.4) is 0 Å². The number of carbonyl (C=O) groups excluding carboxylic acids is 2. The van der Waals surface area contributed by atoms with E-state index in [0.29, 0.717) is 41.3 Å². The Morgan fingerprint density at radius 2 is 1.70 bits per heavy atom. The number of rotatable bonds is 6. The molecule has 0 bridgehead atoms. The molecule has 2 aromatic carbocycles. The quantitative estimate of drug-likeness (QED) is 0.581. The van der Waals surface area contributed by atoms with E-state index in [9.17, 15) is 14.4 Å². The molecule has 0 saturated heterocycles. The number of hydrogen-bond acceptors (Lipinski definition) is 6. The van der Waals surface area contributed by atoms with Gasteiger partial charge in [-0.2, -0.15) is 0 Å². The minimum Gasteiger partial charge on any atom is -0.493 e. The van der Waals surface area contributed by atoms with Gasteiger partial charge in [0.15, 0.2) is 11.5 Å². The van der Waals surface area contributed by atoms with E-state index in [0.717, 1.165) is 5.56 Å². The van der Waals surface area contributed by atoms with Crippen molar-refractivity contribution in [1.29, 1.82) is 0 Å². The van der Waals surface area contributed by atoms with E-state index in [1.807, 2.05) is 6.07 Å². The highest BCUT2D eigenvalue weighted by molar-refractivity contribution is 6.04. The molecule has 3 aromatic rings. The molecule has 1 aromatic heterocycles. The van der Waals surface area contributed by atoms with Crippen molar-refractivity contribution in [3.8, 4) is 17.2 Å². The number of ether oxygens (including phenoxy) is 3. The van der Waals surface area contributed by atoms with Crippen molar-refractivity contribution in [2.45, 2.75) is 19.8 Å². The van der Waals surface area contributed by atoms with E-state index in [1.54, 1.807) is 50.4 Å². The largest absolute Gasteiger partial charge is 0.493 e. The Morgan fingerprint density at radius 3 is 2.36 bits per heavy atom. The van der Waals surface area contributed by atoms with Crippen LogP contribution in [0.5, 0.6) is 11.5 Å². The van der Waals surface area contributed by atoms with Crippen molar-refractivity contribution in [2.75, 3.05) is 26.1 Å². The molecular formula is C25H24N2O6. The fourth-order valence-corrected chi connectivity index (χ4v) is 3.99. The molecular weight excluding hydrogens is 424 g/mol. The summed E-state index contributed by atoms with van der Waals surface area (Å²) >= 11 is 0. The van der Waals surface area contributed by atoms with Crippen LogP contribution in [0.1, 0.15) is 38.9 Å². The minimum absolute atomic E-state index is 0.0155. The Morgan fingerprint density at radius 1 is 1.00 bits per heavy atom. The van der Waals surface area contributed by atoms with Gasteiger partial charge in [-0.25, -0.2) is 4.79 Å². The van der Waals surface area contributed by atoms with Crippen LogP contribution < -0.4 is 20.3 Å². The first-order valence-electron chi connectivity index (χ1n) is 10.6. The highest BCUT2D eigenvalue weighted by Crippen LogP contribution is 2.36. The van der Waals surface area contributed by atoms with Gasteiger partial charge in [-0.3, -0.25) is 14.2 Å². The lowest BCUT2D eigenvalue weighted by Crippen LogP contribution is -2.32. The lowest BCUT2D eigenvalue weighted by molar-refractivity contribution is 0.0523. The van der Waals surface area contributed by atoms with Crippen LogP contribution in [-0.4, -0.2) is 37.3 Å². The number of methoxy groups -OCH3 is 2. The van der Waals surface area contributed by atoms with Gasteiger partial charge in [-0.15, -0.1) is 0 Å². The number of aromatic nitrogens is 1. The Balaban J connectivity index is 1.91. The molecule has 1 amide bonds. The second kappa shape index (κ2) is 9.20. The molecule has 2 heterocycles. The monoisotopic (exact) mass is 448 g/mol. The van der Waals surface area contributed by atoms with Crippen LogP contribution in [0.2, 0.25) is 0 Å². The van der Waals surface area contributed by atoms with Crippen LogP contribution in [0.25, 0.3) is 5.69 Å². The number of amides is 1. The highest BCUT2D eigenvalue weighted by atomic mass is 16.5. The normalized spacial score (nSPS) is 11.7. The van der Waals surface area contributed by atoms with E-state index in [2.05, 4.69) is 5.32 Å². The van der Waals surface area contributed by atoms with Gasteiger partial charge in [0.1, 0.15) is 5.69 Å². The zero-order valence-corrected chi connectivity index (χ0v) is 18.6. The van der Waals surface area contributed by atoms with E-state index in [4.69, 9.17) is 14.2 Å². The lowest BCUT2D eigenvalue weighted by atomic mass is 9.96. The van der Waals surface area contributed by atoms with Gasteiger partial charge in [0, 0.05) is 17.3 Å². The summed E-state index contributed by atoms with van der Waals surface area (Å²) in [5, 5.41) is 2.66. The number of nitrogens with zero attached hydrogens (tertiary/aromatic N) is 1. The van der Waals surface area contributed by atoms with Crippen LogP contribution >= 0.6 is 0 Å². The van der Waals surface area contributed by atoms with Crippen molar-refractivity contribution in [2.24, 2.45) is 0 Å². The second-order valence-electron chi connectivity index (χ2n) is 7.44. The average molecular weight is 448 g/mol. The third kappa shape index (κ3) is 4.07. The zero-order valence-electron chi connectivity index (χ0n) is 18.6. The van der Waals surface area contributed by atoms with Crippen molar-refractivity contribution in [3.05, 3.63) is 81.3 Å². The maximum absolute atomic E-state index is 13.6. The summed E-state index contributed by atoms with van der Waals surface area (Å²) < 4.78 is 17.5. The maximum Gasteiger partial charge on any atom is 0.339 e. The van der Waals surface area contributed by atoms with Crippen molar-refractivity contribution >= 4 is 17.6 Å². The molecule has 0 atom stereocenters. The van der Waals surface area contributed by atoms with E-state index < -0.39 is 17.4 Å². The predicted molar refractivity (Wildman–Crippen MR) is 123 cm³/mol. The predicted octanol–water partition coefficient (Wildman–Crippen LogP) is 3.38. The molecule has 0 spiro atoms. The highest BCUT2D eigenvalue weighted by Gasteiger charge is 2.28. The third-order valence-electron chi connectivity index (χ3n) is 5.54. The molecule has 0 saturated carbocycles. The van der Waals surface area contributed by atoms with Gasteiger partial charge in [0.25, 0.3) is 11.5 Å². The Hall–Kier alpha value is -4.07. The van der Waals surface area contributed by atoms with Crippen LogP contribution in [0.15, 0.2) is 53.3 Å². The summed E-state index contributed by atoms with van der Waals surface area (Å²) in [6.45, 7) is 1.90. The van der Waals surface area contributed by atoms with Crippen LogP contribution in [0.4, 0.5) is 5.69 Å². The molecule has 0 radical (unpaired) electrons. The molecule has 170 valence electrons. The fourth-order valence-electron chi connectivity index (χ4n) is 3.99. The molecule has 0 unspecified atom stereocenters. The summed E-state index contributed by atoms with van der Waals surface area (Å²) in [4.78, 5) is 39.1. The standard InChI is InChI=1S/C25H24N2O6/c1-4-33-25(30)17-13-18(26-23(28)15-8-6-5-7-9-15)24(29)27-19(17)11-10-16-12-21(31-2)22(32-3)14-20(16)27/h5-9,12-14H,4,10-11H2,1-3H3,(H,26,28). The number of anilines is 1. The molecule has 8 nitrogen and oxygen atoms in total. The lowest BCUT2D eigenvalue weighted by Gasteiger charge is -2.26. The molecule has 1 aliphatic rings. The zero-order chi connectivity index (χ0) is 23.5. The molecule has 4 rings (SSSR count). The van der Waals surface area contributed by atoms with E-state index >= 15 is 0 Å². The average Bonchev–Trinajstić information content (AvgIpc) is 2.84. The SMILES string of the molecule is CCOC(=O)c1cc(NC(=O)c2ccccc2)c(=O)n2c1CCc1cc(OC)c(OC)cc1-2. The summed E-state index contributed by atoms with van der Waals surface area (Å²) in [6, 6.07) is 13.5. The number of nitrogens with one attached hydrogen (secondary N) is 1. The van der Waals surface area contributed by atoms with Crippen LogP contribution in [-0.2, 0) is 17.6 Å².